The number of benzene rings is 3. The van der Waals surface area contributed by atoms with Gasteiger partial charge < -0.3 is 25.6 Å². The molecule has 3 aromatic rings. The fraction of sp³-hybridized carbons (Fsp3) is 0.281. The summed E-state index contributed by atoms with van der Waals surface area (Å²) in [6.07, 6.45) is 4.30. The molecule has 4 N–H and O–H groups in total. The van der Waals surface area contributed by atoms with E-state index in [0.717, 1.165) is 29.7 Å². The van der Waals surface area contributed by atoms with Crippen LogP contribution in [0.1, 0.15) is 42.9 Å². The quantitative estimate of drug-likeness (QED) is 0.136. The van der Waals surface area contributed by atoms with Crippen LogP contribution >= 0.6 is 0 Å². The second-order valence-electron chi connectivity index (χ2n) is 9.46. The van der Waals surface area contributed by atoms with Crippen LogP contribution in [0.15, 0.2) is 78.4 Å². The minimum Gasteiger partial charge on any atom is -0.504 e. The van der Waals surface area contributed by atoms with Gasteiger partial charge in [-0.05, 0) is 66.3 Å². The van der Waals surface area contributed by atoms with Crippen molar-refractivity contribution in [3.8, 4) is 17.2 Å². The highest BCUT2D eigenvalue weighted by Crippen LogP contribution is 2.26. The molecule has 3 aromatic carbocycles. The molecular weight excluding hydrogens is 508 g/mol. The zero-order chi connectivity index (χ0) is 28.9. The zero-order valence-electron chi connectivity index (χ0n) is 22.9. The Bertz CT molecular complexity index is 1320. The first-order chi connectivity index (χ1) is 19.3. The van der Waals surface area contributed by atoms with Crippen LogP contribution in [0.4, 0.5) is 0 Å². The average Bonchev–Trinajstić information content (AvgIpc) is 2.97. The minimum absolute atomic E-state index is 0.151. The molecule has 0 aliphatic carbocycles. The summed E-state index contributed by atoms with van der Waals surface area (Å²) in [7, 11) is 1.59. The van der Waals surface area contributed by atoms with Crippen molar-refractivity contribution < 1.29 is 29.3 Å². The maximum atomic E-state index is 13.4. The Morgan fingerprint density at radius 2 is 1.62 bits per heavy atom. The monoisotopic (exact) mass is 544 g/mol. The number of methoxy groups -OCH3 is 1. The van der Waals surface area contributed by atoms with E-state index in [-0.39, 0.29) is 24.5 Å². The lowest BCUT2D eigenvalue weighted by Gasteiger charge is -2.19. The van der Waals surface area contributed by atoms with E-state index in [9.17, 15) is 24.6 Å². The third kappa shape index (κ3) is 9.01. The standard InChI is InChI=1S/C32H36N2O6/c1-3-4-10-25(19-24-13-16-28(35)29(36)21-24)31(38)34-27(20-23-8-6-5-7-9-23)30(37)32(39)33-18-17-22-11-14-26(40-2)15-12-22/h5-9,11-16,19,21,27,35-36H,3-4,10,17-18,20H2,1-2H3,(H,33,39)(H,34,38)/b25-19+. The zero-order valence-corrected chi connectivity index (χ0v) is 22.9. The molecule has 1 unspecified atom stereocenters. The molecule has 0 aliphatic rings. The van der Waals surface area contributed by atoms with Crippen molar-refractivity contribution in [1.29, 1.82) is 0 Å². The predicted octanol–water partition coefficient (Wildman–Crippen LogP) is 4.34. The normalized spacial score (nSPS) is 11.9. The van der Waals surface area contributed by atoms with Gasteiger partial charge >= 0.3 is 0 Å². The van der Waals surface area contributed by atoms with Crippen molar-refractivity contribution in [2.24, 2.45) is 0 Å². The van der Waals surface area contributed by atoms with Crippen LogP contribution in [-0.4, -0.2) is 47.5 Å². The second-order valence-corrected chi connectivity index (χ2v) is 9.46. The van der Waals surface area contributed by atoms with Crippen molar-refractivity contribution in [2.45, 2.75) is 45.1 Å². The fourth-order valence-corrected chi connectivity index (χ4v) is 4.12. The summed E-state index contributed by atoms with van der Waals surface area (Å²) in [5.41, 5.74) is 2.71. The van der Waals surface area contributed by atoms with E-state index in [1.165, 1.54) is 12.1 Å². The molecule has 1 atom stereocenters. The smallest absolute Gasteiger partial charge is 0.289 e. The maximum absolute atomic E-state index is 13.4. The summed E-state index contributed by atoms with van der Waals surface area (Å²) >= 11 is 0. The number of carbonyl (C=O) groups is 3. The van der Waals surface area contributed by atoms with Crippen LogP contribution in [0, 0.1) is 0 Å². The number of hydrogen-bond donors (Lipinski definition) is 4. The van der Waals surface area contributed by atoms with Crippen LogP contribution in [0.3, 0.4) is 0 Å². The third-order valence-corrected chi connectivity index (χ3v) is 6.42. The van der Waals surface area contributed by atoms with Crippen molar-refractivity contribution in [2.75, 3.05) is 13.7 Å². The lowest BCUT2D eigenvalue weighted by molar-refractivity contribution is -0.139. The Morgan fingerprint density at radius 3 is 2.27 bits per heavy atom. The second kappa shape index (κ2) is 15.1. The van der Waals surface area contributed by atoms with Gasteiger partial charge in [0.2, 0.25) is 11.7 Å². The van der Waals surface area contributed by atoms with Gasteiger partial charge in [0, 0.05) is 18.5 Å². The Hall–Kier alpha value is -4.59. The van der Waals surface area contributed by atoms with Gasteiger partial charge in [0.1, 0.15) is 11.8 Å². The Balaban J connectivity index is 1.75. The molecule has 0 heterocycles. The Labute approximate surface area is 234 Å². The lowest BCUT2D eigenvalue weighted by Crippen LogP contribution is -2.49. The van der Waals surface area contributed by atoms with Crippen LogP contribution in [-0.2, 0) is 27.2 Å². The summed E-state index contributed by atoms with van der Waals surface area (Å²) in [6.45, 7) is 2.26. The molecule has 40 heavy (non-hydrogen) atoms. The number of rotatable bonds is 14. The number of phenols is 2. The molecule has 8 heteroatoms. The predicted molar refractivity (Wildman–Crippen MR) is 154 cm³/mol. The molecule has 0 aromatic heterocycles. The molecule has 0 aliphatic heterocycles. The average molecular weight is 545 g/mol. The SMILES string of the molecule is CCCC/C(=C\c1ccc(O)c(O)c1)C(=O)NC(Cc1ccccc1)C(=O)C(=O)NCCc1ccc(OC)cc1. The number of phenolic OH excluding ortho intramolecular Hbond substituents is 2. The largest absolute Gasteiger partial charge is 0.504 e. The van der Waals surface area contributed by atoms with E-state index >= 15 is 0 Å². The number of unbranched alkanes of at least 4 members (excludes halogenated alkanes) is 1. The van der Waals surface area contributed by atoms with Gasteiger partial charge in [-0.3, -0.25) is 14.4 Å². The van der Waals surface area contributed by atoms with E-state index < -0.39 is 23.6 Å². The maximum Gasteiger partial charge on any atom is 0.289 e. The topological polar surface area (TPSA) is 125 Å². The summed E-state index contributed by atoms with van der Waals surface area (Å²) in [6, 6.07) is 19.8. The van der Waals surface area contributed by atoms with E-state index in [4.69, 9.17) is 4.74 Å². The first-order valence-corrected chi connectivity index (χ1v) is 13.3. The van der Waals surface area contributed by atoms with Gasteiger partial charge in [0.15, 0.2) is 11.5 Å². The van der Waals surface area contributed by atoms with Gasteiger partial charge in [-0.1, -0.05) is 61.9 Å². The molecule has 0 radical (unpaired) electrons. The molecule has 0 spiro atoms. The Kier molecular flexibility index (Phi) is 11.3. The van der Waals surface area contributed by atoms with Crippen molar-refractivity contribution in [1.82, 2.24) is 10.6 Å². The fourth-order valence-electron chi connectivity index (χ4n) is 4.12. The van der Waals surface area contributed by atoms with Gasteiger partial charge in [-0.15, -0.1) is 0 Å². The van der Waals surface area contributed by atoms with E-state index in [1.54, 1.807) is 19.3 Å². The molecule has 2 amide bonds. The number of ketones is 1. The van der Waals surface area contributed by atoms with Crippen LogP contribution in [0.25, 0.3) is 6.08 Å². The first kappa shape index (κ1) is 30.0. The number of hydrogen-bond acceptors (Lipinski definition) is 6. The number of Topliss-reactive ketones (excluding diaryl/α,β-unsaturated/α-hetero) is 1. The number of nitrogens with one attached hydrogen (secondary N) is 2. The van der Waals surface area contributed by atoms with Gasteiger partial charge in [0.25, 0.3) is 5.91 Å². The summed E-state index contributed by atoms with van der Waals surface area (Å²) in [5, 5.41) is 24.9. The van der Waals surface area contributed by atoms with E-state index in [0.29, 0.717) is 24.0 Å². The van der Waals surface area contributed by atoms with E-state index in [2.05, 4.69) is 10.6 Å². The highest BCUT2D eigenvalue weighted by atomic mass is 16.5. The molecule has 0 bridgehead atoms. The Morgan fingerprint density at radius 1 is 0.900 bits per heavy atom. The minimum atomic E-state index is -1.07. The van der Waals surface area contributed by atoms with Crippen molar-refractivity contribution in [3.63, 3.8) is 0 Å². The molecular formula is C32H36N2O6. The van der Waals surface area contributed by atoms with Gasteiger partial charge in [-0.25, -0.2) is 0 Å². The van der Waals surface area contributed by atoms with Crippen LogP contribution in [0.5, 0.6) is 17.2 Å². The van der Waals surface area contributed by atoms with Crippen molar-refractivity contribution in [3.05, 3.63) is 95.1 Å². The summed E-state index contributed by atoms with van der Waals surface area (Å²) in [4.78, 5) is 39.5. The third-order valence-electron chi connectivity index (χ3n) is 6.42. The highest BCUT2D eigenvalue weighted by Gasteiger charge is 2.28. The summed E-state index contributed by atoms with van der Waals surface area (Å²) in [5.74, 6) is -1.80. The first-order valence-electron chi connectivity index (χ1n) is 13.3. The van der Waals surface area contributed by atoms with Gasteiger partial charge in [0.05, 0.1) is 7.11 Å². The number of aromatic hydroxyl groups is 2. The van der Waals surface area contributed by atoms with E-state index in [1.807, 2.05) is 61.5 Å². The molecule has 3 rings (SSSR count). The number of amides is 2. The highest BCUT2D eigenvalue weighted by molar-refractivity contribution is 6.38. The summed E-state index contributed by atoms with van der Waals surface area (Å²) < 4.78 is 5.16. The molecule has 0 saturated carbocycles. The number of ether oxygens (including phenoxy) is 1. The lowest BCUT2D eigenvalue weighted by atomic mass is 9.99. The van der Waals surface area contributed by atoms with Crippen LogP contribution < -0.4 is 15.4 Å². The van der Waals surface area contributed by atoms with Gasteiger partial charge in [-0.2, -0.15) is 0 Å². The molecule has 0 saturated heterocycles. The molecule has 210 valence electrons. The molecule has 8 nitrogen and oxygen atoms in total. The van der Waals surface area contributed by atoms with Crippen molar-refractivity contribution >= 4 is 23.7 Å². The molecule has 0 fully saturated rings. The van der Waals surface area contributed by atoms with Crippen LogP contribution in [0.2, 0.25) is 0 Å². The number of carbonyl (C=O) groups excluding carboxylic acids is 3.